The first-order chi connectivity index (χ1) is 18.3. The molecule has 0 saturated heterocycles. The van der Waals surface area contributed by atoms with Crippen LogP contribution in [-0.4, -0.2) is 45.3 Å². The molecule has 10 nitrogen and oxygen atoms in total. The molecule has 1 aliphatic rings. The number of carbonyl (C=O) groups excluding carboxylic acids is 3. The Morgan fingerprint density at radius 3 is 2.13 bits per heavy atom. The predicted molar refractivity (Wildman–Crippen MR) is 146 cm³/mol. The van der Waals surface area contributed by atoms with Crippen LogP contribution in [0.15, 0.2) is 46.0 Å². The first kappa shape index (κ1) is 26.8. The van der Waals surface area contributed by atoms with E-state index in [0.29, 0.717) is 35.9 Å². The molecule has 2 aromatic carbocycles. The third-order valence-corrected chi connectivity index (χ3v) is 6.88. The minimum Gasteiger partial charge on any atom is -0.383 e. The van der Waals surface area contributed by atoms with Gasteiger partial charge in [-0.1, -0.05) is 51.0 Å². The molecule has 0 bridgehead atoms. The number of benzene rings is 2. The molecule has 3 amide bonds. The van der Waals surface area contributed by atoms with Crippen LogP contribution in [0, 0.1) is 0 Å². The Labute approximate surface area is 220 Å². The highest BCUT2D eigenvalue weighted by Crippen LogP contribution is 2.30. The van der Waals surface area contributed by atoms with Gasteiger partial charge in [0.15, 0.2) is 5.69 Å². The van der Waals surface area contributed by atoms with E-state index in [1.165, 1.54) is 14.4 Å². The van der Waals surface area contributed by atoms with E-state index < -0.39 is 23.1 Å². The van der Waals surface area contributed by atoms with E-state index in [4.69, 9.17) is 5.73 Å². The first-order valence-electron chi connectivity index (χ1n) is 13.1. The normalized spacial score (nSPS) is 12.8. The van der Waals surface area contributed by atoms with E-state index in [-0.39, 0.29) is 43.3 Å². The van der Waals surface area contributed by atoms with Crippen molar-refractivity contribution in [3.05, 3.63) is 68.4 Å². The van der Waals surface area contributed by atoms with Gasteiger partial charge in [0.25, 0.3) is 17.4 Å². The van der Waals surface area contributed by atoms with Crippen LogP contribution in [0.2, 0.25) is 0 Å². The summed E-state index contributed by atoms with van der Waals surface area (Å²) in [6.45, 7) is 4.57. The van der Waals surface area contributed by atoms with Crippen molar-refractivity contribution in [3.8, 4) is 0 Å². The van der Waals surface area contributed by atoms with Gasteiger partial charge in [0, 0.05) is 42.6 Å². The Hall–Kier alpha value is -4.21. The van der Waals surface area contributed by atoms with Gasteiger partial charge in [0.2, 0.25) is 5.91 Å². The maximum absolute atomic E-state index is 13.4. The zero-order valence-electron chi connectivity index (χ0n) is 21.8. The van der Waals surface area contributed by atoms with Crippen molar-refractivity contribution in [3.63, 3.8) is 0 Å². The van der Waals surface area contributed by atoms with Crippen LogP contribution in [0.5, 0.6) is 0 Å². The van der Waals surface area contributed by atoms with Gasteiger partial charge in [0.1, 0.15) is 5.82 Å². The molecule has 3 N–H and O–H groups in total. The van der Waals surface area contributed by atoms with Crippen LogP contribution in [0.3, 0.4) is 0 Å². The Balaban J connectivity index is 1.54. The second-order valence-electron chi connectivity index (χ2n) is 9.47. The Bertz CT molecular complexity index is 1450. The van der Waals surface area contributed by atoms with Crippen molar-refractivity contribution in [2.75, 3.05) is 23.7 Å². The number of hydrogen-bond acceptors (Lipinski definition) is 6. The summed E-state index contributed by atoms with van der Waals surface area (Å²) in [5, 5.41) is 1.47. The molecule has 3 aromatic rings. The smallest absolute Gasteiger partial charge is 0.330 e. The summed E-state index contributed by atoms with van der Waals surface area (Å²) < 4.78 is 1.29. The summed E-state index contributed by atoms with van der Waals surface area (Å²) in [4.78, 5) is 69.6. The standard InChI is InChI=1S/C28H33N5O5/c1-3-5-15-31(23-24(29)32(16-6-4-2)28(38)30-25(23)35)21(34)14-9-17-33-26(36)19-12-7-10-18-11-8-13-20(22(18)19)27(33)37/h7-8,10-13H,3-6,9,14-17,29H2,1-2H3,(H,30,35,38). The molecule has 0 unspecified atom stereocenters. The highest BCUT2D eigenvalue weighted by molar-refractivity contribution is 6.25. The average Bonchev–Trinajstić information content (AvgIpc) is 2.90. The number of hydrogen-bond donors (Lipinski definition) is 2. The van der Waals surface area contributed by atoms with Gasteiger partial charge in [-0.2, -0.15) is 0 Å². The summed E-state index contributed by atoms with van der Waals surface area (Å²) in [5.74, 6) is -1.19. The lowest BCUT2D eigenvalue weighted by atomic mass is 9.94. The molecule has 0 atom stereocenters. The van der Waals surface area contributed by atoms with Gasteiger partial charge in [-0.25, -0.2) is 4.79 Å². The lowest BCUT2D eigenvalue weighted by Gasteiger charge is -2.28. The van der Waals surface area contributed by atoms with Crippen molar-refractivity contribution in [1.29, 1.82) is 0 Å². The second-order valence-corrected chi connectivity index (χ2v) is 9.47. The number of unbranched alkanes of at least 4 members (excludes halogenated alkanes) is 2. The van der Waals surface area contributed by atoms with Gasteiger partial charge in [-0.15, -0.1) is 0 Å². The third-order valence-electron chi connectivity index (χ3n) is 6.88. The Morgan fingerprint density at radius 2 is 1.53 bits per heavy atom. The van der Waals surface area contributed by atoms with Gasteiger partial charge in [0.05, 0.1) is 0 Å². The molecule has 0 aliphatic carbocycles. The first-order valence-corrected chi connectivity index (χ1v) is 13.1. The number of carbonyl (C=O) groups is 3. The Kier molecular flexibility index (Phi) is 8.09. The summed E-state index contributed by atoms with van der Waals surface area (Å²) in [6, 6.07) is 10.7. The molecule has 0 spiro atoms. The number of anilines is 2. The minimum absolute atomic E-state index is 0.0143. The van der Waals surface area contributed by atoms with E-state index >= 15 is 0 Å². The fourth-order valence-electron chi connectivity index (χ4n) is 4.86. The average molecular weight is 520 g/mol. The number of imide groups is 1. The number of nitrogen functional groups attached to an aromatic ring is 1. The summed E-state index contributed by atoms with van der Waals surface area (Å²) in [6.07, 6.45) is 3.12. The molecule has 4 rings (SSSR count). The number of amides is 3. The van der Waals surface area contributed by atoms with Crippen LogP contribution in [0.1, 0.15) is 73.1 Å². The fourth-order valence-corrected chi connectivity index (χ4v) is 4.86. The zero-order valence-corrected chi connectivity index (χ0v) is 21.8. The molecule has 0 fully saturated rings. The van der Waals surface area contributed by atoms with Crippen molar-refractivity contribution >= 4 is 40.0 Å². The molecular weight excluding hydrogens is 486 g/mol. The molecule has 0 saturated carbocycles. The van der Waals surface area contributed by atoms with E-state index in [1.54, 1.807) is 24.3 Å². The van der Waals surface area contributed by atoms with Gasteiger partial charge < -0.3 is 10.6 Å². The summed E-state index contributed by atoms with van der Waals surface area (Å²) in [5.41, 5.74) is 5.82. The number of nitrogens with one attached hydrogen (secondary N) is 1. The highest BCUT2D eigenvalue weighted by atomic mass is 16.2. The third kappa shape index (κ3) is 4.98. The number of nitrogens with two attached hydrogens (primary N) is 1. The lowest BCUT2D eigenvalue weighted by molar-refractivity contribution is -0.118. The van der Waals surface area contributed by atoms with E-state index in [2.05, 4.69) is 4.98 Å². The number of H-pyrrole nitrogens is 1. The molecule has 38 heavy (non-hydrogen) atoms. The van der Waals surface area contributed by atoms with Crippen LogP contribution in [-0.2, 0) is 11.3 Å². The summed E-state index contributed by atoms with van der Waals surface area (Å²) >= 11 is 0. The van der Waals surface area contributed by atoms with E-state index in [1.807, 2.05) is 26.0 Å². The van der Waals surface area contributed by atoms with Gasteiger partial charge >= 0.3 is 5.69 Å². The number of aromatic amines is 1. The van der Waals surface area contributed by atoms with Crippen LogP contribution >= 0.6 is 0 Å². The molecule has 10 heteroatoms. The predicted octanol–water partition coefficient (Wildman–Crippen LogP) is 3.28. The van der Waals surface area contributed by atoms with Gasteiger partial charge in [-0.3, -0.25) is 33.6 Å². The van der Waals surface area contributed by atoms with Crippen molar-refractivity contribution in [2.24, 2.45) is 0 Å². The fraction of sp³-hybridized carbons (Fsp3) is 0.393. The van der Waals surface area contributed by atoms with Gasteiger partial charge in [-0.05, 0) is 36.8 Å². The SMILES string of the molecule is CCCCN(C(=O)CCCN1C(=O)c2cccc3cccc(c23)C1=O)c1c(N)n(CCCC)c(=O)[nH]c1=O. The maximum atomic E-state index is 13.4. The minimum atomic E-state index is -0.712. The van der Waals surface area contributed by atoms with Crippen molar-refractivity contribution in [2.45, 2.75) is 58.9 Å². The topological polar surface area (TPSA) is 139 Å². The monoisotopic (exact) mass is 519 g/mol. The molecule has 1 aliphatic heterocycles. The van der Waals surface area contributed by atoms with Crippen molar-refractivity contribution in [1.82, 2.24) is 14.5 Å². The van der Waals surface area contributed by atoms with E-state index in [0.717, 1.165) is 18.2 Å². The number of rotatable bonds is 11. The van der Waals surface area contributed by atoms with Crippen LogP contribution in [0.25, 0.3) is 10.8 Å². The Morgan fingerprint density at radius 1 is 0.895 bits per heavy atom. The summed E-state index contributed by atoms with van der Waals surface area (Å²) in [7, 11) is 0. The second kappa shape index (κ2) is 11.5. The van der Waals surface area contributed by atoms with Crippen LogP contribution < -0.4 is 21.9 Å². The number of aromatic nitrogens is 2. The molecule has 200 valence electrons. The van der Waals surface area contributed by atoms with E-state index in [9.17, 15) is 24.0 Å². The molecular formula is C28H33N5O5. The molecule has 0 radical (unpaired) electrons. The quantitative estimate of drug-likeness (QED) is 0.373. The molecule has 2 heterocycles. The highest BCUT2D eigenvalue weighted by Gasteiger charge is 2.32. The molecule has 1 aromatic heterocycles. The number of nitrogens with zero attached hydrogens (tertiary/aromatic N) is 3. The zero-order chi connectivity index (χ0) is 27.4. The lowest BCUT2D eigenvalue weighted by Crippen LogP contribution is -2.43. The van der Waals surface area contributed by atoms with Crippen LogP contribution in [0.4, 0.5) is 11.5 Å². The maximum Gasteiger partial charge on any atom is 0.330 e. The van der Waals surface area contributed by atoms with Crippen molar-refractivity contribution < 1.29 is 14.4 Å². The largest absolute Gasteiger partial charge is 0.383 e.